The van der Waals surface area contributed by atoms with Gasteiger partial charge in [0.1, 0.15) is 0 Å². The Morgan fingerprint density at radius 1 is 1.33 bits per heavy atom. The van der Waals surface area contributed by atoms with Crippen LogP contribution in [0.25, 0.3) is 11.3 Å². The molecule has 0 saturated carbocycles. The van der Waals surface area contributed by atoms with Gasteiger partial charge in [0.25, 0.3) is 0 Å². The van der Waals surface area contributed by atoms with E-state index in [1.54, 1.807) is 6.20 Å². The Kier molecular flexibility index (Phi) is 2.26. The SMILES string of the molecule is Clc1cccc(-c2cn[se]n2)c1. The summed E-state index contributed by atoms with van der Waals surface area (Å²) in [5, 5.41) is 0.739. The summed E-state index contributed by atoms with van der Waals surface area (Å²) in [6.07, 6.45) is 1.80. The Bertz CT molecular complexity index is 372. The number of rotatable bonds is 1. The predicted molar refractivity (Wildman–Crippen MR) is 49.4 cm³/mol. The van der Waals surface area contributed by atoms with Gasteiger partial charge in [-0.25, -0.2) is 0 Å². The summed E-state index contributed by atoms with van der Waals surface area (Å²) in [5.74, 6) is 0. The van der Waals surface area contributed by atoms with Crippen molar-refractivity contribution in [1.29, 1.82) is 0 Å². The summed E-state index contributed by atoms with van der Waals surface area (Å²) < 4.78 is 8.31. The second-order valence-electron chi connectivity index (χ2n) is 2.30. The van der Waals surface area contributed by atoms with Crippen molar-refractivity contribution in [1.82, 2.24) is 7.96 Å². The van der Waals surface area contributed by atoms with Crippen molar-refractivity contribution in [2.45, 2.75) is 0 Å². The summed E-state index contributed by atoms with van der Waals surface area (Å²) in [5.41, 5.74) is 1.99. The van der Waals surface area contributed by atoms with Crippen LogP contribution in [0.15, 0.2) is 30.5 Å². The maximum atomic E-state index is 5.83. The zero-order valence-electron chi connectivity index (χ0n) is 6.07. The van der Waals surface area contributed by atoms with Gasteiger partial charge in [0.15, 0.2) is 0 Å². The Hall–Kier alpha value is -0.631. The molecule has 2 aromatic rings. The van der Waals surface area contributed by atoms with Crippen LogP contribution in [0.1, 0.15) is 0 Å². The molecule has 0 aliphatic heterocycles. The van der Waals surface area contributed by atoms with E-state index in [4.69, 9.17) is 11.6 Å². The van der Waals surface area contributed by atoms with Crippen molar-refractivity contribution in [3.05, 3.63) is 35.5 Å². The molecule has 0 radical (unpaired) electrons. The molecule has 60 valence electrons. The van der Waals surface area contributed by atoms with Crippen LogP contribution < -0.4 is 0 Å². The number of hydrogen-bond acceptors (Lipinski definition) is 2. The van der Waals surface area contributed by atoms with Gasteiger partial charge in [-0.2, -0.15) is 0 Å². The molecule has 0 N–H and O–H groups in total. The third-order valence-corrected chi connectivity index (χ3v) is 2.72. The fraction of sp³-hybridized carbons (Fsp3) is 0. The monoisotopic (exact) mass is 244 g/mol. The van der Waals surface area contributed by atoms with Crippen molar-refractivity contribution in [2.24, 2.45) is 0 Å². The fourth-order valence-electron chi connectivity index (χ4n) is 0.940. The van der Waals surface area contributed by atoms with Gasteiger partial charge in [-0.1, -0.05) is 0 Å². The standard InChI is InChI=1S/C8H5ClN2Se/c9-7-3-1-2-6(4-7)8-5-10-12-11-8/h1-5H. The first-order valence-electron chi connectivity index (χ1n) is 3.40. The zero-order chi connectivity index (χ0) is 8.39. The first-order chi connectivity index (χ1) is 5.86. The van der Waals surface area contributed by atoms with E-state index in [0.717, 1.165) is 16.3 Å². The van der Waals surface area contributed by atoms with Crippen molar-refractivity contribution in [2.75, 3.05) is 0 Å². The van der Waals surface area contributed by atoms with E-state index in [1.807, 2.05) is 24.3 Å². The molecule has 0 aliphatic carbocycles. The molecule has 0 amide bonds. The molecule has 2 nitrogen and oxygen atoms in total. The number of hydrogen-bond donors (Lipinski definition) is 0. The van der Waals surface area contributed by atoms with Crippen LogP contribution in [0.3, 0.4) is 0 Å². The molecule has 0 saturated heterocycles. The number of halogens is 1. The second-order valence-corrected chi connectivity index (χ2v) is 3.91. The molecule has 1 aromatic carbocycles. The molecular weight excluding hydrogens is 239 g/mol. The Labute approximate surface area is 81.4 Å². The van der Waals surface area contributed by atoms with Gasteiger partial charge in [0, 0.05) is 0 Å². The van der Waals surface area contributed by atoms with Crippen LogP contribution in [0.2, 0.25) is 5.02 Å². The molecule has 1 aromatic heterocycles. The molecule has 0 fully saturated rings. The van der Waals surface area contributed by atoms with Crippen LogP contribution in [-0.4, -0.2) is 22.9 Å². The molecule has 0 aliphatic rings. The first-order valence-corrected chi connectivity index (χ1v) is 5.31. The van der Waals surface area contributed by atoms with Crippen LogP contribution in [0, 0.1) is 0 Å². The summed E-state index contributed by atoms with van der Waals surface area (Å²) in [6, 6.07) is 7.65. The topological polar surface area (TPSA) is 25.8 Å². The van der Waals surface area contributed by atoms with Crippen molar-refractivity contribution < 1.29 is 0 Å². The van der Waals surface area contributed by atoms with E-state index in [2.05, 4.69) is 7.96 Å². The minimum absolute atomic E-state index is 0.0532. The molecule has 0 unspecified atom stereocenters. The fourth-order valence-corrected chi connectivity index (χ4v) is 2.04. The third kappa shape index (κ3) is 1.58. The Balaban J connectivity index is 2.48. The zero-order valence-corrected chi connectivity index (χ0v) is 8.54. The van der Waals surface area contributed by atoms with E-state index in [9.17, 15) is 0 Å². The number of benzene rings is 1. The normalized spacial score (nSPS) is 10.1. The van der Waals surface area contributed by atoms with Crippen molar-refractivity contribution >= 4 is 26.6 Å². The molecule has 0 bridgehead atoms. The van der Waals surface area contributed by atoms with Gasteiger partial charge < -0.3 is 0 Å². The number of nitrogens with zero attached hydrogens (tertiary/aromatic N) is 2. The second kappa shape index (κ2) is 3.40. The first kappa shape index (κ1) is 7.99. The Morgan fingerprint density at radius 2 is 2.25 bits per heavy atom. The summed E-state index contributed by atoms with van der Waals surface area (Å²) in [7, 11) is 0. The molecule has 0 spiro atoms. The number of aromatic nitrogens is 2. The maximum absolute atomic E-state index is 5.83. The summed E-state index contributed by atoms with van der Waals surface area (Å²) in [6.45, 7) is 0. The van der Waals surface area contributed by atoms with E-state index in [1.165, 1.54) is 0 Å². The van der Waals surface area contributed by atoms with Crippen molar-refractivity contribution in [3.8, 4) is 11.3 Å². The van der Waals surface area contributed by atoms with Crippen LogP contribution in [0.4, 0.5) is 0 Å². The average Bonchev–Trinajstić information content (AvgIpc) is 2.56. The van der Waals surface area contributed by atoms with Gasteiger partial charge in [-0.15, -0.1) is 0 Å². The van der Waals surface area contributed by atoms with Gasteiger partial charge in [-0.05, 0) is 0 Å². The quantitative estimate of drug-likeness (QED) is 0.715. The van der Waals surface area contributed by atoms with Crippen LogP contribution in [0.5, 0.6) is 0 Å². The molecule has 0 atom stereocenters. The summed E-state index contributed by atoms with van der Waals surface area (Å²) >= 11 is 5.88. The van der Waals surface area contributed by atoms with Gasteiger partial charge in [0.05, 0.1) is 0 Å². The molecule has 2 rings (SSSR count). The molecule has 12 heavy (non-hydrogen) atoms. The van der Waals surface area contributed by atoms with Gasteiger partial charge >= 0.3 is 81.3 Å². The van der Waals surface area contributed by atoms with E-state index < -0.39 is 0 Å². The molecule has 4 heteroatoms. The predicted octanol–water partition coefficient (Wildman–Crippen LogP) is 1.85. The summed E-state index contributed by atoms with van der Waals surface area (Å²) in [4.78, 5) is 0. The van der Waals surface area contributed by atoms with Crippen LogP contribution in [-0.2, 0) is 0 Å². The minimum atomic E-state index is 0.0532. The van der Waals surface area contributed by atoms with Gasteiger partial charge in [0.2, 0.25) is 0 Å². The molecule has 1 heterocycles. The van der Waals surface area contributed by atoms with Crippen LogP contribution >= 0.6 is 11.6 Å². The van der Waals surface area contributed by atoms with Crippen molar-refractivity contribution in [3.63, 3.8) is 0 Å². The average molecular weight is 244 g/mol. The third-order valence-electron chi connectivity index (χ3n) is 1.48. The van der Waals surface area contributed by atoms with E-state index >= 15 is 0 Å². The van der Waals surface area contributed by atoms with E-state index in [-0.39, 0.29) is 15.0 Å². The molecular formula is C8H5ClN2Se. The van der Waals surface area contributed by atoms with E-state index in [0.29, 0.717) is 0 Å². The Morgan fingerprint density at radius 3 is 2.92 bits per heavy atom. The van der Waals surface area contributed by atoms with Gasteiger partial charge in [-0.3, -0.25) is 0 Å².